The van der Waals surface area contributed by atoms with Gasteiger partial charge in [0.15, 0.2) is 0 Å². The number of carbonyl (C=O) groups is 4. The highest BCUT2D eigenvalue weighted by Crippen LogP contribution is 2.18. The molecular weight excluding hydrogens is 282 g/mol. The Morgan fingerprint density at radius 3 is 2.50 bits per heavy atom. The normalized spacial score (nSPS) is 19.5. The average molecular weight is 299 g/mol. The van der Waals surface area contributed by atoms with Gasteiger partial charge in [-0.3, -0.25) is 24.1 Å². The average Bonchev–Trinajstić information content (AvgIpc) is 3.02. The largest absolute Gasteiger partial charge is 0.346 e. The van der Waals surface area contributed by atoms with Crippen LogP contribution in [0.15, 0.2) is 0 Å². The van der Waals surface area contributed by atoms with E-state index in [0.717, 1.165) is 42.3 Å². The second kappa shape index (κ2) is 6.74. The number of nitrogens with one attached hydrogen (secondary N) is 2. The van der Waals surface area contributed by atoms with Crippen molar-refractivity contribution >= 4 is 34.7 Å². The van der Waals surface area contributed by atoms with Gasteiger partial charge in [0, 0.05) is 19.1 Å². The Balaban J connectivity index is 1.67. The summed E-state index contributed by atoms with van der Waals surface area (Å²) in [5, 5.41) is 4.78. The van der Waals surface area contributed by atoms with Crippen molar-refractivity contribution in [3.05, 3.63) is 0 Å². The summed E-state index contributed by atoms with van der Waals surface area (Å²) >= 11 is 0.945. The molecule has 2 rings (SSSR count). The second-order valence-electron chi connectivity index (χ2n) is 4.81. The Morgan fingerprint density at radius 2 is 1.90 bits per heavy atom. The SMILES string of the molecule is O=C(NCCN1C(=O)CSC1=O)C(=O)NC1CCCC1. The predicted octanol–water partition coefficient (Wildman–Crippen LogP) is -0.143. The lowest BCUT2D eigenvalue weighted by Gasteiger charge is -2.14. The third-order valence-corrected chi connectivity index (χ3v) is 4.22. The van der Waals surface area contributed by atoms with Crippen molar-refractivity contribution in [1.29, 1.82) is 0 Å². The molecule has 1 saturated heterocycles. The lowest BCUT2D eigenvalue weighted by atomic mass is 10.2. The van der Waals surface area contributed by atoms with E-state index in [4.69, 9.17) is 0 Å². The number of nitrogens with zero attached hydrogens (tertiary/aromatic N) is 1. The van der Waals surface area contributed by atoms with Gasteiger partial charge in [-0.1, -0.05) is 24.6 Å². The monoisotopic (exact) mass is 299 g/mol. The molecule has 0 atom stereocenters. The summed E-state index contributed by atoms with van der Waals surface area (Å²) in [6, 6.07) is 0.0892. The minimum Gasteiger partial charge on any atom is -0.346 e. The molecule has 0 spiro atoms. The van der Waals surface area contributed by atoms with E-state index in [2.05, 4.69) is 10.6 Å². The summed E-state index contributed by atoms with van der Waals surface area (Å²) in [6.07, 6.45) is 3.97. The van der Waals surface area contributed by atoms with Crippen LogP contribution in [0.1, 0.15) is 25.7 Å². The fourth-order valence-corrected chi connectivity index (χ4v) is 3.03. The first-order valence-electron chi connectivity index (χ1n) is 6.64. The lowest BCUT2D eigenvalue weighted by molar-refractivity contribution is -0.139. The van der Waals surface area contributed by atoms with Crippen LogP contribution < -0.4 is 10.6 Å². The molecule has 20 heavy (non-hydrogen) atoms. The number of hydrogen-bond donors (Lipinski definition) is 2. The number of thioether (sulfide) groups is 1. The Hall–Kier alpha value is -1.57. The standard InChI is InChI=1S/C12H17N3O4S/c16-9-7-20-12(19)15(9)6-5-13-10(17)11(18)14-8-3-1-2-4-8/h8H,1-7H2,(H,13,17)(H,14,18). The van der Waals surface area contributed by atoms with Crippen LogP contribution in [0.2, 0.25) is 0 Å². The Labute approximate surface area is 120 Å². The maximum absolute atomic E-state index is 11.6. The molecule has 2 aliphatic rings. The van der Waals surface area contributed by atoms with Gasteiger partial charge in [-0.2, -0.15) is 0 Å². The first kappa shape index (κ1) is 14.8. The molecule has 0 aromatic carbocycles. The summed E-state index contributed by atoms with van der Waals surface area (Å²) in [4.78, 5) is 46.8. The van der Waals surface area contributed by atoms with Crippen molar-refractivity contribution < 1.29 is 19.2 Å². The van der Waals surface area contributed by atoms with Crippen molar-refractivity contribution in [1.82, 2.24) is 15.5 Å². The summed E-state index contributed by atoms with van der Waals surface area (Å²) < 4.78 is 0. The van der Waals surface area contributed by atoms with Crippen LogP contribution in [0.25, 0.3) is 0 Å². The highest BCUT2D eigenvalue weighted by Gasteiger charge is 2.29. The van der Waals surface area contributed by atoms with Gasteiger partial charge < -0.3 is 10.6 Å². The molecule has 0 aromatic heterocycles. The van der Waals surface area contributed by atoms with Gasteiger partial charge in [-0.05, 0) is 12.8 Å². The topological polar surface area (TPSA) is 95.6 Å². The third kappa shape index (κ3) is 3.72. The smallest absolute Gasteiger partial charge is 0.309 e. The molecule has 0 unspecified atom stereocenters. The number of hydrogen-bond acceptors (Lipinski definition) is 5. The van der Waals surface area contributed by atoms with E-state index in [1.165, 1.54) is 0 Å². The molecule has 7 nitrogen and oxygen atoms in total. The second-order valence-corrected chi connectivity index (χ2v) is 5.74. The summed E-state index contributed by atoms with van der Waals surface area (Å²) in [5.41, 5.74) is 0. The molecule has 110 valence electrons. The summed E-state index contributed by atoms with van der Waals surface area (Å²) in [7, 11) is 0. The first-order chi connectivity index (χ1) is 9.58. The van der Waals surface area contributed by atoms with E-state index >= 15 is 0 Å². The van der Waals surface area contributed by atoms with E-state index in [1.54, 1.807) is 0 Å². The number of rotatable bonds is 4. The molecule has 1 aliphatic heterocycles. The van der Waals surface area contributed by atoms with Gasteiger partial charge in [0.2, 0.25) is 5.91 Å². The molecule has 1 saturated carbocycles. The summed E-state index contributed by atoms with van der Waals surface area (Å²) in [5.74, 6) is -1.48. The Morgan fingerprint density at radius 1 is 1.20 bits per heavy atom. The fourth-order valence-electron chi connectivity index (χ4n) is 2.28. The van der Waals surface area contributed by atoms with Crippen molar-refractivity contribution in [2.24, 2.45) is 0 Å². The van der Waals surface area contributed by atoms with Crippen molar-refractivity contribution in [3.63, 3.8) is 0 Å². The van der Waals surface area contributed by atoms with Gasteiger partial charge in [0.1, 0.15) is 0 Å². The fraction of sp³-hybridized carbons (Fsp3) is 0.667. The molecule has 0 aromatic rings. The van der Waals surface area contributed by atoms with Crippen molar-refractivity contribution in [2.45, 2.75) is 31.7 Å². The van der Waals surface area contributed by atoms with Crippen molar-refractivity contribution in [3.8, 4) is 0 Å². The molecule has 2 fully saturated rings. The van der Waals surface area contributed by atoms with E-state index < -0.39 is 11.8 Å². The lowest BCUT2D eigenvalue weighted by Crippen LogP contribution is -2.46. The first-order valence-corrected chi connectivity index (χ1v) is 7.62. The molecule has 1 aliphatic carbocycles. The molecule has 8 heteroatoms. The van der Waals surface area contributed by atoms with Crippen LogP contribution in [-0.2, 0) is 14.4 Å². The van der Waals surface area contributed by atoms with E-state index in [1.807, 2.05) is 0 Å². The van der Waals surface area contributed by atoms with Crippen LogP contribution in [-0.4, -0.2) is 52.7 Å². The van der Waals surface area contributed by atoms with Gasteiger partial charge in [-0.25, -0.2) is 0 Å². The maximum Gasteiger partial charge on any atom is 0.309 e. The predicted molar refractivity (Wildman–Crippen MR) is 73.0 cm³/mol. The Bertz CT molecular complexity index is 418. The van der Waals surface area contributed by atoms with Gasteiger partial charge in [-0.15, -0.1) is 0 Å². The summed E-state index contributed by atoms with van der Waals surface area (Å²) in [6.45, 7) is 0.197. The number of imide groups is 1. The van der Waals surface area contributed by atoms with Gasteiger partial charge in [0.25, 0.3) is 5.24 Å². The van der Waals surface area contributed by atoms with Crippen LogP contribution in [0, 0.1) is 0 Å². The van der Waals surface area contributed by atoms with Gasteiger partial charge >= 0.3 is 11.8 Å². The maximum atomic E-state index is 11.6. The minimum absolute atomic E-state index is 0.0892. The molecule has 2 N–H and O–H groups in total. The van der Waals surface area contributed by atoms with Crippen LogP contribution in [0.4, 0.5) is 4.79 Å². The highest BCUT2D eigenvalue weighted by molar-refractivity contribution is 8.14. The quantitative estimate of drug-likeness (QED) is 0.704. The van der Waals surface area contributed by atoms with E-state index in [0.29, 0.717) is 0 Å². The van der Waals surface area contributed by atoms with Crippen LogP contribution in [0.3, 0.4) is 0 Å². The van der Waals surface area contributed by atoms with Crippen molar-refractivity contribution in [2.75, 3.05) is 18.8 Å². The zero-order valence-corrected chi connectivity index (χ0v) is 11.8. The highest BCUT2D eigenvalue weighted by atomic mass is 32.2. The molecule has 4 amide bonds. The molecule has 0 bridgehead atoms. The zero-order valence-electron chi connectivity index (χ0n) is 11.0. The molecule has 0 radical (unpaired) electrons. The van der Waals surface area contributed by atoms with Crippen LogP contribution in [0.5, 0.6) is 0 Å². The van der Waals surface area contributed by atoms with E-state index in [-0.39, 0.29) is 36.0 Å². The molecular formula is C12H17N3O4S. The molecule has 1 heterocycles. The van der Waals surface area contributed by atoms with Gasteiger partial charge in [0.05, 0.1) is 5.75 Å². The van der Waals surface area contributed by atoms with E-state index in [9.17, 15) is 19.2 Å². The zero-order chi connectivity index (χ0) is 14.5. The van der Waals surface area contributed by atoms with Crippen LogP contribution >= 0.6 is 11.8 Å². The third-order valence-electron chi connectivity index (χ3n) is 3.36. The number of carbonyl (C=O) groups excluding carboxylic acids is 4. The number of amides is 4. The Kier molecular flexibility index (Phi) is 4.99. The minimum atomic E-state index is -0.719.